The number of nitrogens with zero attached hydrogens (tertiary/aromatic N) is 2. The van der Waals surface area contributed by atoms with Crippen molar-refractivity contribution in [2.45, 2.75) is 85.6 Å². The lowest BCUT2D eigenvalue weighted by Gasteiger charge is -2.18. The maximum atomic E-state index is 5.27. The molecule has 146 valence electrons. The highest BCUT2D eigenvalue weighted by atomic mass is 127. The van der Waals surface area contributed by atoms with Crippen LogP contribution in [0.1, 0.15) is 82.7 Å². The standard InChI is InChI=1S/C19H36N4O.HI/c1-7-9-10-11-12-15(4)22-19(20-8-2)21-13-14(3)18-16(5)23-24-17(18)6;/h14-15H,7-13H2,1-6H3,(H2,20,21,22);1H. The average molecular weight is 464 g/mol. The number of nitrogens with one attached hydrogen (secondary N) is 2. The first kappa shape index (κ1) is 24.2. The second-order valence-electron chi connectivity index (χ2n) is 6.75. The monoisotopic (exact) mass is 464 g/mol. The first-order valence-corrected chi connectivity index (χ1v) is 9.47. The van der Waals surface area contributed by atoms with Crippen molar-refractivity contribution in [2.75, 3.05) is 13.1 Å². The number of hydrogen-bond acceptors (Lipinski definition) is 3. The third-order valence-corrected chi connectivity index (χ3v) is 4.32. The second-order valence-corrected chi connectivity index (χ2v) is 6.75. The van der Waals surface area contributed by atoms with Gasteiger partial charge in [0.05, 0.1) is 5.69 Å². The highest BCUT2D eigenvalue weighted by molar-refractivity contribution is 14.0. The van der Waals surface area contributed by atoms with Crippen LogP contribution < -0.4 is 10.6 Å². The Morgan fingerprint density at radius 1 is 1.16 bits per heavy atom. The molecular formula is C19H37IN4O. The van der Waals surface area contributed by atoms with Gasteiger partial charge in [0, 0.05) is 30.6 Å². The lowest BCUT2D eigenvalue weighted by Crippen LogP contribution is -2.42. The number of hydrogen-bond donors (Lipinski definition) is 2. The van der Waals surface area contributed by atoms with E-state index in [0.29, 0.717) is 12.0 Å². The van der Waals surface area contributed by atoms with E-state index in [9.17, 15) is 0 Å². The van der Waals surface area contributed by atoms with Crippen LogP contribution in [0.5, 0.6) is 0 Å². The minimum absolute atomic E-state index is 0. The Bertz CT molecular complexity index is 482. The summed E-state index contributed by atoms with van der Waals surface area (Å²) in [7, 11) is 0. The van der Waals surface area contributed by atoms with E-state index in [1.54, 1.807) is 0 Å². The van der Waals surface area contributed by atoms with Crippen molar-refractivity contribution < 1.29 is 4.52 Å². The molecule has 25 heavy (non-hydrogen) atoms. The van der Waals surface area contributed by atoms with Crippen molar-refractivity contribution in [3.05, 3.63) is 17.0 Å². The first-order valence-electron chi connectivity index (χ1n) is 9.47. The van der Waals surface area contributed by atoms with Crippen molar-refractivity contribution in [1.29, 1.82) is 0 Å². The third-order valence-electron chi connectivity index (χ3n) is 4.32. The van der Waals surface area contributed by atoms with Crippen LogP contribution in [-0.2, 0) is 0 Å². The quantitative estimate of drug-likeness (QED) is 0.223. The molecule has 0 spiro atoms. The van der Waals surface area contributed by atoms with Gasteiger partial charge in [-0.05, 0) is 34.1 Å². The fraction of sp³-hybridized carbons (Fsp3) is 0.789. The molecule has 2 N–H and O–H groups in total. The maximum absolute atomic E-state index is 5.27. The van der Waals surface area contributed by atoms with E-state index >= 15 is 0 Å². The molecule has 0 aromatic carbocycles. The molecule has 0 saturated heterocycles. The van der Waals surface area contributed by atoms with Crippen molar-refractivity contribution in [3.8, 4) is 0 Å². The third kappa shape index (κ3) is 8.92. The predicted octanol–water partition coefficient (Wildman–Crippen LogP) is 4.93. The summed E-state index contributed by atoms with van der Waals surface area (Å²) in [6, 6.07) is 0.439. The number of aromatic nitrogens is 1. The molecule has 0 radical (unpaired) electrons. The molecule has 0 aliphatic rings. The Kier molecular flexibility index (Phi) is 13.0. The minimum atomic E-state index is 0. The van der Waals surface area contributed by atoms with Crippen LogP contribution in [0, 0.1) is 13.8 Å². The fourth-order valence-electron chi connectivity index (χ4n) is 3.02. The summed E-state index contributed by atoms with van der Waals surface area (Å²) < 4.78 is 5.27. The first-order chi connectivity index (χ1) is 11.5. The highest BCUT2D eigenvalue weighted by Crippen LogP contribution is 2.23. The number of rotatable bonds is 10. The topological polar surface area (TPSA) is 62.5 Å². The van der Waals surface area contributed by atoms with Gasteiger partial charge in [-0.3, -0.25) is 4.99 Å². The molecule has 2 atom stereocenters. The van der Waals surface area contributed by atoms with Crippen LogP contribution in [0.3, 0.4) is 0 Å². The largest absolute Gasteiger partial charge is 0.361 e. The summed E-state index contributed by atoms with van der Waals surface area (Å²) in [6.07, 6.45) is 6.39. The van der Waals surface area contributed by atoms with E-state index in [-0.39, 0.29) is 24.0 Å². The fourth-order valence-corrected chi connectivity index (χ4v) is 3.02. The SMILES string of the molecule is CCCCCCC(C)NC(=NCC(C)c1c(C)noc1C)NCC.I. The molecule has 1 aromatic rings. The van der Waals surface area contributed by atoms with Crippen LogP contribution in [0.4, 0.5) is 0 Å². The highest BCUT2D eigenvalue weighted by Gasteiger charge is 2.16. The number of aryl methyl sites for hydroxylation is 2. The lowest BCUT2D eigenvalue weighted by atomic mass is 10.00. The van der Waals surface area contributed by atoms with Crippen LogP contribution in [0.25, 0.3) is 0 Å². The van der Waals surface area contributed by atoms with Gasteiger partial charge in [0.2, 0.25) is 0 Å². The van der Waals surface area contributed by atoms with E-state index < -0.39 is 0 Å². The van der Waals surface area contributed by atoms with E-state index in [1.807, 2.05) is 13.8 Å². The zero-order valence-corrected chi connectivity index (χ0v) is 19.1. The van der Waals surface area contributed by atoms with Crippen molar-refractivity contribution in [2.24, 2.45) is 4.99 Å². The molecule has 0 saturated carbocycles. The van der Waals surface area contributed by atoms with Gasteiger partial charge in [-0.15, -0.1) is 24.0 Å². The predicted molar refractivity (Wildman–Crippen MR) is 117 cm³/mol. The smallest absolute Gasteiger partial charge is 0.191 e. The van der Waals surface area contributed by atoms with E-state index in [1.165, 1.54) is 37.7 Å². The number of guanidine groups is 1. The summed E-state index contributed by atoms with van der Waals surface area (Å²) in [4.78, 5) is 4.76. The van der Waals surface area contributed by atoms with Crippen LogP contribution in [-0.4, -0.2) is 30.2 Å². The minimum Gasteiger partial charge on any atom is -0.361 e. The molecule has 0 amide bonds. The molecule has 5 nitrogen and oxygen atoms in total. The van der Waals surface area contributed by atoms with Gasteiger partial charge < -0.3 is 15.2 Å². The molecule has 1 aromatic heterocycles. The van der Waals surface area contributed by atoms with Gasteiger partial charge in [0.25, 0.3) is 0 Å². The Labute approximate surface area is 170 Å². The molecule has 0 fully saturated rings. The number of unbranched alkanes of at least 4 members (excludes halogenated alkanes) is 3. The maximum Gasteiger partial charge on any atom is 0.191 e. The molecule has 2 unspecified atom stereocenters. The molecule has 0 bridgehead atoms. The van der Waals surface area contributed by atoms with Gasteiger partial charge >= 0.3 is 0 Å². The molecule has 1 heterocycles. The number of halogens is 1. The Balaban J connectivity index is 0.00000576. The molecular weight excluding hydrogens is 427 g/mol. The summed E-state index contributed by atoms with van der Waals surface area (Å²) in [5.74, 6) is 2.10. The van der Waals surface area contributed by atoms with Gasteiger partial charge in [-0.25, -0.2) is 0 Å². The number of aliphatic imine (C=N–C) groups is 1. The van der Waals surface area contributed by atoms with E-state index in [4.69, 9.17) is 9.52 Å². The molecule has 0 aliphatic carbocycles. The van der Waals surface area contributed by atoms with Crippen molar-refractivity contribution in [1.82, 2.24) is 15.8 Å². The summed E-state index contributed by atoms with van der Waals surface area (Å²) in [5, 5.41) is 10.9. The second kappa shape index (κ2) is 13.4. The van der Waals surface area contributed by atoms with Gasteiger partial charge in [-0.1, -0.05) is 44.7 Å². The zero-order valence-electron chi connectivity index (χ0n) is 16.8. The van der Waals surface area contributed by atoms with Gasteiger partial charge in [0.1, 0.15) is 5.76 Å². The Hall–Kier alpha value is -0.790. The molecule has 0 aliphatic heterocycles. The van der Waals surface area contributed by atoms with Crippen molar-refractivity contribution in [3.63, 3.8) is 0 Å². The van der Waals surface area contributed by atoms with Crippen LogP contribution in [0.2, 0.25) is 0 Å². The Morgan fingerprint density at radius 2 is 1.88 bits per heavy atom. The zero-order chi connectivity index (χ0) is 17.9. The normalized spacial score (nSPS) is 13.9. The average Bonchev–Trinajstić information content (AvgIpc) is 2.88. The van der Waals surface area contributed by atoms with Crippen LogP contribution in [0.15, 0.2) is 9.52 Å². The molecule has 1 rings (SSSR count). The lowest BCUT2D eigenvalue weighted by molar-refractivity contribution is 0.391. The summed E-state index contributed by atoms with van der Waals surface area (Å²) in [5.41, 5.74) is 2.15. The summed E-state index contributed by atoms with van der Waals surface area (Å²) >= 11 is 0. The van der Waals surface area contributed by atoms with Gasteiger partial charge in [-0.2, -0.15) is 0 Å². The van der Waals surface area contributed by atoms with Gasteiger partial charge in [0.15, 0.2) is 5.96 Å². The summed E-state index contributed by atoms with van der Waals surface area (Å²) in [6.45, 7) is 14.3. The van der Waals surface area contributed by atoms with E-state index in [0.717, 1.165) is 30.5 Å². The Morgan fingerprint density at radius 3 is 2.44 bits per heavy atom. The van der Waals surface area contributed by atoms with Crippen molar-refractivity contribution >= 4 is 29.9 Å². The molecule has 6 heteroatoms. The van der Waals surface area contributed by atoms with Crippen LogP contribution >= 0.6 is 24.0 Å². The van der Waals surface area contributed by atoms with E-state index in [2.05, 4.69) is 43.5 Å².